The molecule has 24 heavy (non-hydrogen) atoms. The van der Waals surface area contributed by atoms with E-state index in [-0.39, 0.29) is 0 Å². The number of nitrogens with zero attached hydrogens (tertiary/aromatic N) is 6. The lowest BCUT2D eigenvalue weighted by Crippen LogP contribution is -2.44. The van der Waals surface area contributed by atoms with Gasteiger partial charge in [0.25, 0.3) is 0 Å². The van der Waals surface area contributed by atoms with Gasteiger partial charge in [0, 0.05) is 70.9 Å². The first-order valence-electron chi connectivity index (χ1n) is 8.83. The van der Waals surface area contributed by atoms with Crippen LogP contribution >= 0.6 is 0 Å². The van der Waals surface area contributed by atoms with Crippen molar-refractivity contribution in [2.75, 3.05) is 39.8 Å². The summed E-state index contributed by atoms with van der Waals surface area (Å²) < 4.78 is 2.43. The van der Waals surface area contributed by atoms with E-state index in [2.05, 4.69) is 43.6 Å². The predicted octanol–water partition coefficient (Wildman–Crippen LogP) is 1.04. The SMILES string of the molecule is CN1CCN(Cc2cnc3n2CCN(Cc2cccnc2)C3)CC1. The highest BCUT2D eigenvalue weighted by Gasteiger charge is 2.22. The van der Waals surface area contributed by atoms with Gasteiger partial charge in [-0.1, -0.05) is 6.07 Å². The van der Waals surface area contributed by atoms with Crippen LogP contribution < -0.4 is 0 Å². The second-order valence-electron chi connectivity index (χ2n) is 6.97. The van der Waals surface area contributed by atoms with Crippen LogP contribution in [0.3, 0.4) is 0 Å². The van der Waals surface area contributed by atoms with Gasteiger partial charge in [0.1, 0.15) is 5.82 Å². The summed E-state index contributed by atoms with van der Waals surface area (Å²) in [6.07, 6.45) is 5.87. The Labute approximate surface area is 143 Å². The number of pyridine rings is 1. The minimum atomic E-state index is 0.928. The number of imidazole rings is 1. The molecule has 0 saturated carbocycles. The molecule has 128 valence electrons. The first-order valence-corrected chi connectivity index (χ1v) is 8.83. The summed E-state index contributed by atoms with van der Waals surface area (Å²) in [5, 5.41) is 0. The molecule has 2 aromatic heterocycles. The summed E-state index contributed by atoms with van der Waals surface area (Å²) in [6, 6.07) is 4.15. The smallest absolute Gasteiger partial charge is 0.123 e. The predicted molar refractivity (Wildman–Crippen MR) is 93.4 cm³/mol. The molecule has 0 aromatic carbocycles. The molecule has 2 aliphatic heterocycles. The number of aromatic nitrogens is 3. The van der Waals surface area contributed by atoms with Crippen molar-refractivity contribution in [3.63, 3.8) is 0 Å². The fourth-order valence-corrected chi connectivity index (χ4v) is 3.62. The van der Waals surface area contributed by atoms with E-state index < -0.39 is 0 Å². The monoisotopic (exact) mass is 326 g/mol. The Morgan fingerprint density at radius 2 is 1.79 bits per heavy atom. The molecular formula is C18H26N6. The molecule has 0 atom stereocenters. The van der Waals surface area contributed by atoms with Crippen LogP contribution in [-0.2, 0) is 26.2 Å². The lowest BCUT2D eigenvalue weighted by Gasteiger charge is -2.33. The van der Waals surface area contributed by atoms with Crippen LogP contribution in [0.25, 0.3) is 0 Å². The van der Waals surface area contributed by atoms with Crippen molar-refractivity contribution in [1.29, 1.82) is 0 Å². The van der Waals surface area contributed by atoms with E-state index in [0.29, 0.717) is 0 Å². The summed E-state index contributed by atoms with van der Waals surface area (Å²) in [6.45, 7) is 9.68. The van der Waals surface area contributed by atoms with Gasteiger partial charge >= 0.3 is 0 Å². The molecule has 2 aromatic rings. The standard InChI is InChI=1S/C18H26N6/c1-21-5-7-22(8-6-21)14-17-12-20-18-15-23(9-10-24(17)18)13-16-3-2-4-19-11-16/h2-4,11-12H,5-10,13-15H2,1H3. The molecule has 4 rings (SSSR count). The fourth-order valence-electron chi connectivity index (χ4n) is 3.62. The third-order valence-corrected chi connectivity index (χ3v) is 5.14. The largest absolute Gasteiger partial charge is 0.328 e. The lowest BCUT2D eigenvalue weighted by atomic mass is 10.2. The van der Waals surface area contributed by atoms with E-state index >= 15 is 0 Å². The summed E-state index contributed by atoms with van der Waals surface area (Å²) >= 11 is 0. The van der Waals surface area contributed by atoms with Gasteiger partial charge in [0.05, 0.1) is 12.2 Å². The zero-order chi connectivity index (χ0) is 16.4. The van der Waals surface area contributed by atoms with Gasteiger partial charge in [0.2, 0.25) is 0 Å². The Kier molecular flexibility index (Phi) is 4.60. The number of hydrogen-bond acceptors (Lipinski definition) is 5. The molecule has 0 unspecified atom stereocenters. The zero-order valence-corrected chi connectivity index (χ0v) is 14.4. The van der Waals surface area contributed by atoms with E-state index in [1.54, 1.807) is 0 Å². The van der Waals surface area contributed by atoms with Crippen LogP contribution in [0.5, 0.6) is 0 Å². The second kappa shape index (κ2) is 7.01. The number of hydrogen-bond donors (Lipinski definition) is 0. The Morgan fingerprint density at radius 1 is 0.958 bits per heavy atom. The van der Waals surface area contributed by atoms with Crippen LogP contribution in [0.2, 0.25) is 0 Å². The summed E-state index contributed by atoms with van der Waals surface area (Å²) in [7, 11) is 2.20. The summed E-state index contributed by atoms with van der Waals surface area (Å²) in [4.78, 5) is 16.3. The second-order valence-corrected chi connectivity index (χ2v) is 6.97. The maximum Gasteiger partial charge on any atom is 0.123 e. The van der Waals surface area contributed by atoms with Gasteiger partial charge in [-0.2, -0.15) is 0 Å². The normalized spacial score (nSPS) is 20.2. The Bertz CT molecular complexity index is 659. The van der Waals surface area contributed by atoms with Crippen molar-refractivity contribution in [2.24, 2.45) is 0 Å². The minimum Gasteiger partial charge on any atom is -0.328 e. The van der Waals surface area contributed by atoms with E-state index in [1.165, 1.54) is 30.2 Å². The molecule has 0 aliphatic carbocycles. The number of likely N-dealkylation sites (N-methyl/N-ethyl adjacent to an activating group) is 1. The molecule has 0 radical (unpaired) electrons. The Hall–Kier alpha value is -1.76. The molecule has 4 heterocycles. The maximum absolute atomic E-state index is 4.70. The zero-order valence-electron chi connectivity index (χ0n) is 14.4. The van der Waals surface area contributed by atoms with Gasteiger partial charge in [-0.3, -0.25) is 14.8 Å². The van der Waals surface area contributed by atoms with Crippen LogP contribution in [0.15, 0.2) is 30.7 Å². The van der Waals surface area contributed by atoms with E-state index in [9.17, 15) is 0 Å². The van der Waals surface area contributed by atoms with Crippen molar-refractivity contribution < 1.29 is 0 Å². The average molecular weight is 326 g/mol. The molecule has 2 aliphatic rings. The topological polar surface area (TPSA) is 40.4 Å². The third-order valence-electron chi connectivity index (χ3n) is 5.14. The summed E-state index contributed by atoms with van der Waals surface area (Å²) in [5.41, 5.74) is 2.64. The first kappa shape index (κ1) is 15.7. The highest BCUT2D eigenvalue weighted by Crippen LogP contribution is 2.18. The van der Waals surface area contributed by atoms with E-state index in [0.717, 1.165) is 45.8 Å². The van der Waals surface area contributed by atoms with Gasteiger partial charge < -0.3 is 9.47 Å². The molecule has 0 spiro atoms. The van der Waals surface area contributed by atoms with E-state index in [1.807, 2.05) is 18.5 Å². The van der Waals surface area contributed by atoms with Crippen molar-refractivity contribution >= 4 is 0 Å². The number of piperazine rings is 1. The van der Waals surface area contributed by atoms with Crippen molar-refractivity contribution in [1.82, 2.24) is 29.2 Å². The maximum atomic E-state index is 4.70. The van der Waals surface area contributed by atoms with Crippen LogP contribution in [0.4, 0.5) is 0 Å². The van der Waals surface area contributed by atoms with Crippen molar-refractivity contribution in [3.05, 3.63) is 47.8 Å². The van der Waals surface area contributed by atoms with Crippen LogP contribution in [-0.4, -0.2) is 69.0 Å². The molecule has 0 bridgehead atoms. The molecular weight excluding hydrogens is 300 g/mol. The molecule has 6 nitrogen and oxygen atoms in total. The fraction of sp³-hybridized carbons (Fsp3) is 0.556. The van der Waals surface area contributed by atoms with Gasteiger partial charge in [0.15, 0.2) is 0 Å². The first-order chi connectivity index (χ1) is 11.8. The third kappa shape index (κ3) is 3.50. The molecule has 0 N–H and O–H groups in total. The number of rotatable bonds is 4. The van der Waals surface area contributed by atoms with E-state index in [4.69, 9.17) is 4.98 Å². The minimum absolute atomic E-state index is 0.928. The lowest BCUT2D eigenvalue weighted by molar-refractivity contribution is 0.143. The molecule has 0 amide bonds. The average Bonchev–Trinajstić information content (AvgIpc) is 3.00. The molecule has 6 heteroatoms. The highest BCUT2D eigenvalue weighted by atomic mass is 15.3. The Morgan fingerprint density at radius 3 is 2.58 bits per heavy atom. The van der Waals surface area contributed by atoms with Crippen molar-refractivity contribution in [2.45, 2.75) is 26.2 Å². The van der Waals surface area contributed by atoms with Gasteiger partial charge in [-0.05, 0) is 18.7 Å². The highest BCUT2D eigenvalue weighted by molar-refractivity contribution is 5.11. The van der Waals surface area contributed by atoms with Gasteiger partial charge in [-0.25, -0.2) is 4.98 Å². The summed E-state index contributed by atoms with van der Waals surface area (Å²) in [5.74, 6) is 1.20. The molecule has 1 saturated heterocycles. The number of fused-ring (bicyclic) bond motifs is 1. The molecule has 1 fully saturated rings. The quantitative estimate of drug-likeness (QED) is 0.840. The van der Waals surface area contributed by atoms with Crippen molar-refractivity contribution in [3.8, 4) is 0 Å². The Balaban J connectivity index is 1.38. The van der Waals surface area contributed by atoms with Crippen LogP contribution in [0, 0.1) is 0 Å². The van der Waals surface area contributed by atoms with Crippen LogP contribution in [0.1, 0.15) is 17.1 Å². The van der Waals surface area contributed by atoms with Gasteiger partial charge in [-0.15, -0.1) is 0 Å².